The van der Waals surface area contributed by atoms with E-state index < -0.39 is 10.0 Å². The number of hydrogen-bond donors (Lipinski definition) is 0. The van der Waals surface area contributed by atoms with E-state index >= 15 is 0 Å². The highest BCUT2D eigenvalue weighted by molar-refractivity contribution is 7.89. The Hall–Kier alpha value is -1.93. The van der Waals surface area contributed by atoms with Crippen LogP contribution in [0.5, 0.6) is 0 Å². The SMILES string of the molecule is CCCCS(=O)(=O)N1CCC(c2nn(C)c(=O)n2-c2ccccc2)CC1. The van der Waals surface area contributed by atoms with Crippen molar-refractivity contribution in [3.63, 3.8) is 0 Å². The molecule has 1 aliphatic rings. The van der Waals surface area contributed by atoms with Crippen LogP contribution in [0.25, 0.3) is 5.69 Å². The zero-order chi connectivity index (χ0) is 18.7. The van der Waals surface area contributed by atoms with E-state index in [2.05, 4.69) is 5.10 Å². The number of piperidine rings is 1. The summed E-state index contributed by atoms with van der Waals surface area (Å²) in [7, 11) is -1.53. The molecule has 1 aromatic carbocycles. The van der Waals surface area contributed by atoms with Gasteiger partial charge in [0, 0.05) is 26.1 Å². The fraction of sp³-hybridized carbons (Fsp3) is 0.556. The van der Waals surface area contributed by atoms with Gasteiger partial charge >= 0.3 is 5.69 Å². The number of rotatable bonds is 6. The molecule has 1 saturated heterocycles. The first-order valence-corrected chi connectivity index (χ1v) is 10.7. The largest absolute Gasteiger partial charge is 0.350 e. The van der Waals surface area contributed by atoms with Crippen LogP contribution in [0.15, 0.2) is 35.1 Å². The lowest BCUT2D eigenvalue weighted by atomic mass is 9.97. The van der Waals surface area contributed by atoms with E-state index in [0.717, 1.165) is 12.1 Å². The number of unbranched alkanes of at least 4 members (excludes halogenated alkanes) is 1. The number of benzene rings is 1. The second kappa shape index (κ2) is 7.75. The fourth-order valence-corrected chi connectivity index (χ4v) is 5.09. The normalized spacial score (nSPS) is 16.8. The molecule has 0 bridgehead atoms. The van der Waals surface area contributed by atoms with Crippen LogP contribution in [0.2, 0.25) is 0 Å². The van der Waals surface area contributed by atoms with Crippen LogP contribution in [0.3, 0.4) is 0 Å². The van der Waals surface area contributed by atoms with Gasteiger partial charge in [-0.25, -0.2) is 26.8 Å². The number of aromatic nitrogens is 3. The predicted octanol–water partition coefficient (Wildman–Crippen LogP) is 1.88. The van der Waals surface area contributed by atoms with Gasteiger partial charge in [-0.05, 0) is 31.4 Å². The molecular weight excluding hydrogens is 352 g/mol. The molecule has 0 unspecified atom stereocenters. The topological polar surface area (TPSA) is 77.2 Å². The Morgan fingerprint density at radius 3 is 2.42 bits per heavy atom. The van der Waals surface area contributed by atoms with Crippen molar-refractivity contribution in [3.05, 3.63) is 46.6 Å². The summed E-state index contributed by atoms with van der Waals surface area (Å²) in [6.07, 6.45) is 2.91. The van der Waals surface area contributed by atoms with Crippen LogP contribution in [-0.2, 0) is 17.1 Å². The van der Waals surface area contributed by atoms with Crippen LogP contribution >= 0.6 is 0 Å². The molecular formula is C18H26N4O3S. The molecule has 0 aliphatic carbocycles. The molecule has 1 aliphatic heterocycles. The van der Waals surface area contributed by atoms with E-state index in [-0.39, 0.29) is 17.4 Å². The maximum absolute atomic E-state index is 12.5. The van der Waals surface area contributed by atoms with Crippen LogP contribution < -0.4 is 5.69 Å². The molecule has 26 heavy (non-hydrogen) atoms. The molecule has 0 saturated carbocycles. The van der Waals surface area contributed by atoms with E-state index in [1.54, 1.807) is 15.9 Å². The number of sulfonamides is 1. The van der Waals surface area contributed by atoms with E-state index in [0.29, 0.717) is 38.2 Å². The number of para-hydroxylation sites is 1. The summed E-state index contributed by atoms with van der Waals surface area (Å²) in [5, 5.41) is 4.45. The Morgan fingerprint density at radius 1 is 1.15 bits per heavy atom. The quantitative estimate of drug-likeness (QED) is 0.769. The smallest absolute Gasteiger partial charge is 0.247 e. The summed E-state index contributed by atoms with van der Waals surface area (Å²) >= 11 is 0. The highest BCUT2D eigenvalue weighted by Gasteiger charge is 2.31. The van der Waals surface area contributed by atoms with Gasteiger partial charge in [0.1, 0.15) is 5.82 Å². The van der Waals surface area contributed by atoms with Crippen molar-refractivity contribution in [3.8, 4) is 5.69 Å². The van der Waals surface area contributed by atoms with E-state index in [9.17, 15) is 13.2 Å². The maximum Gasteiger partial charge on any atom is 0.350 e. The highest BCUT2D eigenvalue weighted by Crippen LogP contribution is 2.29. The third-order valence-corrected chi connectivity index (χ3v) is 6.89. The van der Waals surface area contributed by atoms with Crippen molar-refractivity contribution in [1.29, 1.82) is 0 Å². The third-order valence-electron chi connectivity index (χ3n) is 4.93. The van der Waals surface area contributed by atoms with E-state index in [1.807, 2.05) is 37.3 Å². The van der Waals surface area contributed by atoms with Gasteiger partial charge in [0.05, 0.1) is 11.4 Å². The Kier molecular flexibility index (Phi) is 5.62. The van der Waals surface area contributed by atoms with Crippen molar-refractivity contribution in [2.45, 2.75) is 38.5 Å². The summed E-state index contributed by atoms with van der Waals surface area (Å²) in [6.45, 7) is 2.96. The fourth-order valence-electron chi connectivity index (χ4n) is 3.42. The summed E-state index contributed by atoms with van der Waals surface area (Å²) < 4.78 is 29.4. The zero-order valence-corrected chi connectivity index (χ0v) is 16.2. The lowest BCUT2D eigenvalue weighted by Gasteiger charge is -2.30. The molecule has 0 spiro atoms. The molecule has 3 rings (SSSR count). The molecule has 2 heterocycles. The van der Waals surface area contributed by atoms with Gasteiger partial charge in [0.15, 0.2) is 0 Å². The molecule has 0 radical (unpaired) electrons. The molecule has 1 fully saturated rings. The van der Waals surface area contributed by atoms with Gasteiger partial charge in [0.25, 0.3) is 0 Å². The zero-order valence-electron chi connectivity index (χ0n) is 15.3. The Bertz CT molecular complexity index is 894. The summed E-state index contributed by atoms with van der Waals surface area (Å²) in [4.78, 5) is 12.5. The Balaban J connectivity index is 1.81. The summed E-state index contributed by atoms with van der Waals surface area (Å²) in [5.74, 6) is 1.00. The summed E-state index contributed by atoms with van der Waals surface area (Å²) in [5.41, 5.74) is 0.614. The van der Waals surface area contributed by atoms with Gasteiger partial charge < -0.3 is 0 Å². The molecule has 0 amide bonds. The van der Waals surface area contributed by atoms with Crippen molar-refractivity contribution in [2.75, 3.05) is 18.8 Å². The monoisotopic (exact) mass is 378 g/mol. The van der Waals surface area contributed by atoms with Crippen LogP contribution in [-0.4, -0.2) is 45.9 Å². The lowest BCUT2D eigenvalue weighted by molar-refractivity contribution is 0.311. The molecule has 1 aromatic heterocycles. The van der Waals surface area contributed by atoms with E-state index in [1.165, 1.54) is 4.68 Å². The lowest BCUT2D eigenvalue weighted by Crippen LogP contribution is -2.39. The standard InChI is InChI=1S/C18H26N4O3S/c1-3-4-14-26(24,25)21-12-10-15(11-13-21)17-19-20(2)18(23)22(17)16-8-6-5-7-9-16/h5-9,15H,3-4,10-14H2,1-2H3. The van der Waals surface area contributed by atoms with Crippen LogP contribution in [0.4, 0.5) is 0 Å². The minimum Gasteiger partial charge on any atom is -0.247 e. The Labute approximate surface area is 154 Å². The highest BCUT2D eigenvalue weighted by atomic mass is 32.2. The van der Waals surface area contributed by atoms with Crippen LogP contribution in [0, 0.1) is 0 Å². The molecule has 8 heteroatoms. The number of aryl methyl sites for hydroxylation is 1. The van der Waals surface area contributed by atoms with Gasteiger partial charge in [0.2, 0.25) is 10.0 Å². The molecule has 2 aromatic rings. The Morgan fingerprint density at radius 2 is 1.81 bits per heavy atom. The second-order valence-electron chi connectivity index (χ2n) is 6.78. The van der Waals surface area contributed by atoms with Crippen molar-refractivity contribution in [1.82, 2.24) is 18.7 Å². The van der Waals surface area contributed by atoms with Gasteiger partial charge in [-0.15, -0.1) is 0 Å². The van der Waals surface area contributed by atoms with Crippen molar-refractivity contribution >= 4 is 10.0 Å². The molecule has 0 atom stereocenters. The minimum atomic E-state index is -3.18. The van der Waals surface area contributed by atoms with Gasteiger partial charge in [-0.2, -0.15) is 5.10 Å². The van der Waals surface area contributed by atoms with Gasteiger partial charge in [-0.1, -0.05) is 31.5 Å². The van der Waals surface area contributed by atoms with E-state index in [4.69, 9.17) is 0 Å². The first kappa shape index (κ1) is 18.8. The average molecular weight is 378 g/mol. The summed E-state index contributed by atoms with van der Waals surface area (Å²) in [6, 6.07) is 9.46. The molecule has 0 N–H and O–H groups in total. The predicted molar refractivity (Wildman–Crippen MR) is 101 cm³/mol. The second-order valence-corrected chi connectivity index (χ2v) is 8.87. The first-order valence-electron chi connectivity index (χ1n) is 9.13. The average Bonchev–Trinajstić information content (AvgIpc) is 2.96. The molecule has 7 nitrogen and oxygen atoms in total. The number of hydrogen-bond acceptors (Lipinski definition) is 4. The van der Waals surface area contributed by atoms with Crippen molar-refractivity contribution < 1.29 is 8.42 Å². The minimum absolute atomic E-state index is 0.0710. The maximum atomic E-state index is 12.5. The van der Waals surface area contributed by atoms with Crippen LogP contribution in [0.1, 0.15) is 44.3 Å². The first-order chi connectivity index (χ1) is 12.4. The van der Waals surface area contributed by atoms with Crippen molar-refractivity contribution in [2.24, 2.45) is 7.05 Å². The molecule has 142 valence electrons. The van der Waals surface area contributed by atoms with Gasteiger partial charge in [-0.3, -0.25) is 0 Å². The number of nitrogens with zero attached hydrogens (tertiary/aromatic N) is 4. The third kappa shape index (κ3) is 3.76.